The van der Waals surface area contributed by atoms with Crippen molar-refractivity contribution in [3.63, 3.8) is 0 Å². The van der Waals surface area contributed by atoms with E-state index in [1.807, 2.05) is 12.1 Å². The van der Waals surface area contributed by atoms with Gasteiger partial charge in [-0.15, -0.1) is 0 Å². The van der Waals surface area contributed by atoms with Crippen molar-refractivity contribution >= 4 is 29.6 Å². The number of amides is 1. The minimum absolute atomic E-state index is 0.00235. The van der Waals surface area contributed by atoms with Gasteiger partial charge in [0, 0.05) is 17.3 Å². The highest BCUT2D eigenvalue weighted by molar-refractivity contribution is 6.32. The Hall–Kier alpha value is -2.11. The highest BCUT2D eigenvalue weighted by Crippen LogP contribution is 2.33. The van der Waals surface area contributed by atoms with Gasteiger partial charge in [-0.2, -0.15) is 0 Å². The summed E-state index contributed by atoms with van der Waals surface area (Å²) in [6.45, 7) is 2.90. The Morgan fingerprint density at radius 3 is 2.84 bits per heavy atom. The number of benzene rings is 1. The molecule has 1 aromatic carbocycles. The molecule has 6 heteroatoms. The number of allylic oxidation sites excluding steroid dienone is 1. The maximum absolute atomic E-state index is 13.0. The van der Waals surface area contributed by atoms with E-state index in [0.717, 1.165) is 12.8 Å². The van der Waals surface area contributed by atoms with Crippen molar-refractivity contribution in [3.8, 4) is 0 Å². The summed E-state index contributed by atoms with van der Waals surface area (Å²) in [7, 11) is 1.31. The molecule has 1 aromatic rings. The molecule has 0 aliphatic carbocycles. The summed E-state index contributed by atoms with van der Waals surface area (Å²) in [5, 5.41) is 0.516. The minimum atomic E-state index is -0.529. The van der Waals surface area contributed by atoms with Crippen LogP contribution in [0, 0.1) is 0 Å². The lowest BCUT2D eigenvalue weighted by Crippen LogP contribution is -2.33. The summed E-state index contributed by atoms with van der Waals surface area (Å²) in [6.07, 6.45) is 3.55. The van der Waals surface area contributed by atoms with Crippen LogP contribution in [0.15, 0.2) is 41.1 Å². The number of ether oxygens (including phenoxy) is 2. The van der Waals surface area contributed by atoms with Gasteiger partial charge in [0.15, 0.2) is 0 Å². The van der Waals surface area contributed by atoms with Crippen molar-refractivity contribution < 1.29 is 19.1 Å². The van der Waals surface area contributed by atoms with E-state index < -0.39 is 5.97 Å². The van der Waals surface area contributed by atoms with Crippen LogP contribution in [0.25, 0.3) is 6.08 Å². The van der Waals surface area contributed by atoms with Crippen molar-refractivity contribution in [2.75, 3.05) is 20.3 Å². The van der Waals surface area contributed by atoms with E-state index >= 15 is 0 Å². The van der Waals surface area contributed by atoms with Crippen LogP contribution in [0.3, 0.4) is 0 Å². The second-order valence-corrected chi connectivity index (χ2v) is 6.49. The predicted molar refractivity (Wildman–Crippen MR) is 94.8 cm³/mol. The van der Waals surface area contributed by atoms with E-state index in [0.29, 0.717) is 35.0 Å². The molecule has 1 atom stereocenters. The van der Waals surface area contributed by atoms with Crippen LogP contribution in [0.4, 0.5) is 0 Å². The summed E-state index contributed by atoms with van der Waals surface area (Å²) in [5.74, 6) is -0.757. The van der Waals surface area contributed by atoms with E-state index in [4.69, 9.17) is 21.1 Å². The molecule has 1 saturated heterocycles. The lowest BCUT2D eigenvalue weighted by atomic mass is 10.0. The third-order valence-corrected chi connectivity index (χ3v) is 4.86. The number of carbonyl (C=O) groups excluding carboxylic acids is 2. The molecule has 5 nitrogen and oxygen atoms in total. The third-order valence-electron chi connectivity index (χ3n) is 4.52. The van der Waals surface area contributed by atoms with E-state index in [9.17, 15) is 9.59 Å². The van der Waals surface area contributed by atoms with Crippen LogP contribution < -0.4 is 0 Å². The molecule has 1 fully saturated rings. The summed E-state index contributed by atoms with van der Waals surface area (Å²) in [4.78, 5) is 26.8. The smallest absolute Gasteiger partial charge is 0.340 e. The largest absolute Gasteiger partial charge is 0.465 e. The molecule has 0 spiro atoms. The minimum Gasteiger partial charge on any atom is -0.465 e. The zero-order chi connectivity index (χ0) is 18.0. The quantitative estimate of drug-likeness (QED) is 0.610. The van der Waals surface area contributed by atoms with E-state index in [-0.39, 0.29) is 17.6 Å². The zero-order valence-corrected chi connectivity index (χ0v) is 15.0. The van der Waals surface area contributed by atoms with E-state index in [2.05, 4.69) is 0 Å². The number of hydrogen-bond acceptors (Lipinski definition) is 4. The van der Waals surface area contributed by atoms with E-state index in [1.54, 1.807) is 30.0 Å². The maximum atomic E-state index is 13.0. The first-order valence-electron chi connectivity index (χ1n) is 8.22. The molecule has 0 unspecified atom stereocenters. The van der Waals surface area contributed by atoms with Crippen molar-refractivity contribution in [2.24, 2.45) is 0 Å². The van der Waals surface area contributed by atoms with Crippen molar-refractivity contribution in [2.45, 2.75) is 25.9 Å². The van der Waals surface area contributed by atoms with Gasteiger partial charge in [0.05, 0.1) is 30.9 Å². The molecule has 0 saturated carbocycles. The Morgan fingerprint density at radius 2 is 2.20 bits per heavy atom. The highest BCUT2D eigenvalue weighted by atomic mass is 35.5. The Morgan fingerprint density at radius 1 is 1.44 bits per heavy atom. The summed E-state index contributed by atoms with van der Waals surface area (Å²) < 4.78 is 10.5. The van der Waals surface area contributed by atoms with Crippen LogP contribution in [-0.4, -0.2) is 43.1 Å². The fourth-order valence-electron chi connectivity index (χ4n) is 3.19. The first-order chi connectivity index (χ1) is 12.0. The van der Waals surface area contributed by atoms with Crippen LogP contribution >= 0.6 is 11.6 Å². The van der Waals surface area contributed by atoms with E-state index in [1.165, 1.54) is 7.11 Å². The normalized spacial score (nSPS) is 22.2. The summed E-state index contributed by atoms with van der Waals surface area (Å²) in [5.41, 5.74) is 1.85. The molecule has 132 valence electrons. The van der Waals surface area contributed by atoms with Gasteiger partial charge in [-0.1, -0.05) is 29.8 Å². The van der Waals surface area contributed by atoms with Gasteiger partial charge in [0.1, 0.15) is 0 Å². The topological polar surface area (TPSA) is 55.8 Å². The monoisotopic (exact) mass is 361 g/mol. The number of esters is 1. The van der Waals surface area contributed by atoms with Crippen LogP contribution in [0.2, 0.25) is 5.02 Å². The number of methoxy groups -OCH3 is 1. The Labute approximate surface area is 151 Å². The average Bonchev–Trinajstić information content (AvgIpc) is 3.19. The van der Waals surface area contributed by atoms with Gasteiger partial charge in [-0.25, -0.2) is 4.79 Å². The number of nitrogens with zero attached hydrogens (tertiary/aromatic N) is 1. The fourth-order valence-corrected chi connectivity index (χ4v) is 3.38. The molecule has 2 aliphatic rings. The van der Waals surface area contributed by atoms with Gasteiger partial charge in [-0.05, 0) is 37.5 Å². The Balaban J connectivity index is 2.00. The second-order valence-electron chi connectivity index (χ2n) is 6.08. The molecular formula is C19H20ClNO4. The molecule has 1 amide bonds. The second kappa shape index (κ2) is 7.42. The average molecular weight is 362 g/mol. The summed E-state index contributed by atoms with van der Waals surface area (Å²) >= 11 is 6.20. The predicted octanol–water partition coefficient (Wildman–Crippen LogP) is 3.19. The molecule has 0 bridgehead atoms. The molecule has 2 heterocycles. The first-order valence-corrected chi connectivity index (χ1v) is 8.60. The molecule has 0 radical (unpaired) electrons. The Bertz CT molecular complexity index is 762. The number of rotatable bonds is 4. The number of hydrogen-bond donors (Lipinski definition) is 0. The van der Waals surface area contributed by atoms with Crippen molar-refractivity contribution in [1.82, 2.24) is 4.90 Å². The molecular weight excluding hydrogens is 342 g/mol. The highest BCUT2D eigenvalue weighted by Gasteiger charge is 2.38. The van der Waals surface area contributed by atoms with Gasteiger partial charge in [0.25, 0.3) is 5.91 Å². The van der Waals surface area contributed by atoms with Crippen LogP contribution in [-0.2, 0) is 19.1 Å². The summed E-state index contributed by atoms with van der Waals surface area (Å²) in [6, 6.07) is 7.19. The van der Waals surface area contributed by atoms with Crippen LogP contribution in [0.1, 0.15) is 25.3 Å². The zero-order valence-electron chi connectivity index (χ0n) is 14.3. The van der Waals surface area contributed by atoms with Gasteiger partial charge in [-0.3, -0.25) is 4.79 Å². The Kier molecular flexibility index (Phi) is 5.25. The van der Waals surface area contributed by atoms with Gasteiger partial charge >= 0.3 is 5.97 Å². The number of carbonyl (C=O) groups is 2. The molecule has 3 rings (SSSR count). The standard InChI is InChI=1S/C19H20ClNO4/c1-12-17(19(23)24-2)15(10-13-6-3-4-8-16(13)20)18(22)21(12)11-14-7-5-9-25-14/h3-4,6,8,10,14H,5,7,9,11H2,1-2H3/b15-10-/t14-/m0/s1. The first kappa shape index (κ1) is 17.7. The maximum Gasteiger partial charge on any atom is 0.340 e. The number of halogens is 1. The molecule has 2 aliphatic heterocycles. The van der Waals surface area contributed by atoms with Crippen molar-refractivity contribution in [3.05, 3.63) is 51.7 Å². The van der Waals surface area contributed by atoms with Crippen LogP contribution in [0.5, 0.6) is 0 Å². The fraction of sp³-hybridized carbons (Fsp3) is 0.368. The SMILES string of the molecule is COC(=O)C1=C(C)N(C[C@@H]2CCCO2)C(=O)/C1=C\c1ccccc1Cl. The lowest BCUT2D eigenvalue weighted by molar-refractivity contribution is -0.136. The molecule has 25 heavy (non-hydrogen) atoms. The lowest BCUT2D eigenvalue weighted by Gasteiger charge is -2.21. The third kappa shape index (κ3) is 3.48. The van der Waals surface area contributed by atoms with Crippen molar-refractivity contribution in [1.29, 1.82) is 0 Å². The van der Waals surface area contributed by atoms with Gasteiger partial charge < -0.3 is 14.4 Å². The molecule has 0 aromatic heterocycles. The molecule has 0 N–H and O–H groups in total. The van der Waals surface area contributed by atoms with Gasteiger partial charge in [0.2, 0.25) is 0 Å².